The number of benzene rings is 1. The number of ether oxygens (including phenoxy) is 2. The third-order valence-electron chi connectivity index (χ3n) is 7.18. The molecule has 38 heavy (non-hydrogen) atoms. The predicted molar refractivity (Wildman–Crippen MR) is 145 cm³/mol. The molecule has 2 atom stereocenters. The van der Waals surface area contributed by atoms with E-state index in [1.54, 1.807) is 6.26 Å². The van der Waals surface area contributed by atoms with Gasteiger partial charge in [-0.1, -0.05) is 38.1 Å². The molecule has 9 heteroatoms. The number of amides is 2. The van der Waals surface area contributed by atoms with Gasteiger partial charge in [-0.2, -0.15) is 0 Å². The summed E-state index contributed by atoms with van der Waals surface area (Å²) >= 11 is 1.46. The minimum Gasteiger partial charge on any atom is -0.468 e. The van der Waals surface area contributed by atoms with Gasteiger partial charge in [-0.3, -0.25) is 9.59 Å². The van der Waals surface area contributed by atoms with Gasteiger partial charge in [0.2, 0.25) is 12.7 Å². The average molecular weight is 532 g/mol. The van der Waals surface area contributed by atoms with Crippen molar-refractivity contribution in [1.82, 2.24) is 9.88 Å². The van der Waals surface area contributed by atoms with E-state index < -0.39 is 0 Å². The Bertz CT molecular complexity index is 1470. The summed E-state index contributed by atoms with van der Waals surface area (Å²) < 4.78 is 16.3. The quantitative estimate of drug-likeness (QED) is 0.448. The fourth-order valence-electron chi connectivity index (χ4n) is 5.20. The second-order valence-electron chi connectivity index (χ2n) is 10.2. The number of hydrogen-bond acceptors (Lipinski definition) is 7. The van der Waals surface area contributed by atoms with E-state index in [2.05, 4.69) is 17.5 Å². The number of nitrogens with zero attached hydrogens (tertiary/aromatic N) is 2. The highest BCUT2D eigenvalue weighted by Gasteiger charge is 2.37. The maximum Gasteiger partial charge on any atom is 0.257 e. The topological polar surface area (TPSA) is 93.9 Å². The van der Waals surface area contributed by atoms with Crippen LogP contribution < -0.4 is 14.8 Å². The second kappa shape index (κ2) is 9.79. The van der Waals surface area contributed by atoms with Crippen LogP contribution in [0.3, 0.4) is 0 Å². The minimum atomic E-state index is -0.137. The lowest BCUT2D eigenvalue weighted by Crippen LogP contribution is -2.36. The lowest BCUT2D eigenvalue weighted by molar-refractivity contribution is -0.115. The van der Waals surface area contributed by atoms with E-state index in [0.717, 1.165) is 33.9 Å². The Labute approximate surface area is 225 Å². The maximum atomic E-state index is 13.2. The first-order valence-corrected chi connectivity index (χ1v) is 13.6. The first kappa shape index (κ1) is 24.5. The molecular weight excluding hydrogens is 502 g/mol. The number of carbonyl (C=O) groups is 2. The Morgan fingerprint density at radius 1 is 1.21 bits per heavy atom. The second-order valence-corrected chi connectivity index (χ2v) is 11.4. The normalized spacial score (nSPS) is 19.6. The fraction of sp³-hybridized carbons (Fsp3) is 0.345. The molecule has 0 radical (unpaired) electrons. The van der Waals surface area contributed by atoms with Gasteiger partial charge in [-0.05, 0) is 42.7 Å². The molecule has 1 fully saturated rings. The largest absolute Gasteiger partial charge is 0.468 e. The molecule has 1 N–H and O–H groups in total. The fourth-order valence-corrected chi connectivity index (χ4v) is 6.05. The number of fused-ring (bicyclic) bond motifs is 2. The number of hydrogen-bond donors (Lipinski definition) is 1. The SMILES string of the molecule is Cc1sc(NC(=O)Cc2ccc3c(c2)OCO3)nc1C1=CC2CCN(C(=O)c3coc(C(C)C)c3)C2C=C1. The molecule has 1 saturated heterocycles. The highest BCUT2D eigenvalue weighted by atomic mass is 32.1. The summed E-state index contributed by atoms with van der Waals surface area (Å²) in [5.41, 5.74) is 3.34. The zero-order chi connectivity index (χ0) is 26.4. The van der Waals surface area contributed by atoms with Gasteiger partial charge in [0.05, 0.1) is 23.7 Å². The maximum absolute atomic E-state index is 13.2. The first-order chi connectivity index (χ1) is 18.4. The molecule has 2 amide bonds. The summed E-state index contributed by atoms with van der Waals surface area (Å²) in [6, 6.07) is 7.39. The molecule has 3 aliphatic rings. The van der Waals surface area contributed by atoms with Gasteiger partial charge >= 0.3 is 0 Å². The van der Waals surface area contributed by atoms with Gasteiger partial charge in [-0.15, -0.1) is 11.3 Å². The Morgan fingerprint density at radius 2 is 2.05 bits per heavy atom. The summed E-state index contributed by atoms with van der Waals surface area (Å²) in [6.45, 7) is 7.01. The third-order valence-corrected chi connectivity index (χ3v) is 8.07. The van der Waals surface area contributed by atoms with Crippen molar-refractivity contribution in [1.29, 1.82) is 0 Å². The Hall–Kier alpha value is -3.85. The van der Waals surface area contributed by atoms with E-state index in [0.29, 0.717) is 28.7 Å². The number of rotatable bonds is 6. The standard InChI is InChI=1S/C29H29N3O5S/c1-16(2)24-13-21(14-35-24)28(34)32-9-8-19-12-20(5-6-22(19)32)27-17(3)38-29(31-27)30-26(33)11-18-4-7-23-25(10-18)37-15-36-23/h4-7,10,12-14,16,19,22H,8-9,11,15H2,1-3H3,(H,30,31,33). The molecule has 6 rings (SSSR count). The van der Waals surface area contributed by atoms with Crippen LogP contribution >= 0.6 is 11.3 Å². The van der Waals surface area contributed by atoms with Crippen molar-refractivity contribution in [2.75, 3.05) is 18.7 Å². The van der Waals surface area contributed by atoms with E-state index in [4.69, 9.17) is 18.9 Å². The lowest BCUT2D eigenvalue weighted by atomic mass is 9.90. The van der Waals surface area contributed by atoms with E-state index in [1.807, 2.05) is 56.0 Å². The number of aromatic nitrogens is 1. The molecule has 1 aliphatic carbocycles. The van der Waals surface area contributed by atoms with Crippen molar-refractivity contribution in [2.24, 2.45) is 5.92 Å². The van der Waals surface area contributed by atoms with Gasteiger partial charge < -0.3 is 24.1 Å². The van der Waals surface area contributed by atoms with Crippen LogP contribution in [0.15, 0.2) is 53.2 Å². The van der Waals surface area contributed by atoms with Crippen LogP contribution in [0, 0.1) is 12.8 Å². The van der Waals surface area contributed by atoms with Crippen LogP contribution in [0.1, 0.15) is 58.4 Å². The number of likely N-dealkylation sites (tertiary alicyclic amines) is 1. The number of furan rings is 1. The molecule has 3 aromatic rings. The molecule has 196 valence electrons. The molecule has 2 unspecified atom stereocenters. The monoisotopic (exact) mass is 531 g/mol. The molecule has 0 saturated carbocycles. The summed E-state index contributed by atoms with van der Waals surface area (Å²) in [7, 11) is 0. The summed E-state index contributed by atoms with van der Waals surface area (Å²) in [4.78, 5) is 33.6. The van der Waals surface area contributed by atoms with Crippen molar-refractivity contribution in [3.05, 3.63) is 76.2 Å². The molecule has 4 heterocycles. The average Bonchev–Trinajstić information content (AvgIpc) is 3.68. The van der Waals surface area contributed by atoms with E-state index in [1.165, 1.54) is 11.3 Å². The van der Waals surface area contributed by atoms with Crippen LogP contribution in [-0.4, -0.2) is 41.1 Å². The van der Waals surface area contributed by atoms with Crippen LogP contribution in [0.2, 0.25) is 0 Å². The lowest BCUT2D eigenvalue weighted by Gasteiger charge is -2.26. The highest BCUT2D eigenvalue weighted by Crippen LogP contribution is 2.38. The van der Waals surface area contributed by atoms with Crippen LogP contribution in [0.5, 0.6) is 11.5 Å². The van der Waals surface area contributed by atoms with Crippen LogP contribution in [0.25, 0.3) is 5.57 Å². The van der Waals surface area contributed by atoms with Crippen molar-refractivity contribution in [3.63, 3.8) is 0 Å². The highest BCUT2D eigenvalue weighted by molar-refractivity contribution is 7.15. The Morgan fingerprint density at radius 3 is 2.87 bits per heavy atom. The van der Waals surface area contributed by atoms with Gasteiger partial charge in [-0.25, -0.2) is 4.98 Å². The van der Waals surface area contributed by atoms with Gasteiger partial charge in [0, 0.05) is 23.3 Å². The summed E-state index contributed by atoms with van der Waals surface area (Å²) in [5, 5.41) is 3.51. The van der Waals surface area contributed by atoms with E-state index in [9.17, 15) is 9.59 Å². The van der Waals surface area contributed by atoms with Crippen molar-refractivity contribution in [3.8, 4) is 11.5 Å². The van der Waals surface area contributed by atoms with Crippen LogP contribution in [-0.2, 0) is 11.2 Å². The van der Waals surface area contributed by atoms with Gasteiger partial charge in [0.25, 0.3) is 5.91 Å². The Kier molecular flexibility index (Phi) is 6.31. The predicted octanol–water partition coefficient (Wildman–Crippen LogP) is 5.56. The zero-order valence-electron chi connectivity index (χ0n) is 21.5. The van der Waals surface area contributed by atoms with Crippen molar-refractivity contribution >= 4 is 33.9 Å². The van der Waals surface area contributed by atoms with Crippen molar-refractivity contribution < 1.29 is 23.5 Å². The number of nitrogens with one attached hydrogen (secondary N) is 1. The number of thiazole rings is 1. The number of aryl methyl sites for hydroxylation is 1. The smallest absolute Gasteiger partial charge is 0.257 e. The molecule has 1 aromatic carbocycles. The molecule has 0 spiro atoms. The number of anilines is 1. The molecule has 2 aromatic heterocycles. The van der Waals surface area contributed by atoms with Gasteiger partial charge in [0.1, 0.15) is 12.0 Å². The first-order valence-electron chi connectivity index (χ1n) is 12.8. The van der Waals surface area contributed by atoms with Gasteiger partial charge in [0.15, 0.2) is 16.6 Å². The summed E-state index contributed by atoms with van der Waals surface area (Å²) in [6.07, 6.45) is 9.04. The number of allylic oxidation sites excluding steroid dienone is 2. The van der Waals surface area contributed by atoms with Crippen molar-refractivity contribution in [2.45, 2.75) is 45.6 Å². The number of carbonyl (C=O) groups excluding carboxylic acids is 2. The molecule has 8 nitrogen and oxygen atoms in total. The molecule has 2 aliphatic heterocycles. The Balaban J connectivity index is 1.11. The van der Waals surface area contributed by atoms with E-state index >= 15 is 0 Å². The van der Waals surface area contributed by atoms with E-state index in [-0.39, 0.29) is 42.9 Å². The molecule has 0 bridgehead atoms. The van der Waals surface area contributed by atoms with Crippen LogP contribution in [0.4, 0.5) is 5.13 Å². The third kappa shape index (κ3) is 4.62. The minimum absolute atomic E-state index is 0.00643. The summed E-state index contributed by atoms with van der Waals surface area (Å²) in [5.74, 6) is 2.51. The molecular formula is C29H29N3O5S. The zero-order valence-corrected chi connectivity index (χ0v) is 22.3.